The molecule has 1 aliphatic rings. The van der Waals surface area contributed by atoms with Gasteiger partial charge in [0.25, 0.3) is 0 Å². The molecule has 19 heavy (non-hydrogen) atoms. The van der Waals surface area contributed by atoms with Crippen molar-refractivity contribution >= 4 is 17.4 Å². The monoisotopic (exact) mass is 281 g/mol. The number of hydrogen-bond acceptors (Lipinski definition) is 3. The molecule has 1 saturated carbocycles. The van der Waals surface area contributed by atoms with Crippen LogP contribution >= 0.6 is 11.6 Å². The Morgan fingerprint density at radius 1 is 1.32 bits per heavy atom. The minimum Gasteiger partial charge on any atom is -0.370 e. The van der Waals surface area contributed by atoms with Crippen LogP contribution in [0.15, 0.2) is 12.1 Å². The van der Waals surface area contributed by atoms with Gasteiger partial charge in [0, 0.05) is 19.1 Å². The number of nitrogens with zero attached hydrogens (tertiary/aromatic N) is 2. The zero-order valence-corrected chi connectivity index (χ0v) is 12.7. The molecular formula is C15H24ClN3. The van der Waals surface area contributed by atoms with Gasteiger partial charge in [-0.2, -0.15) is 0 Å². The van der Waals surface area contributed by atoms with E-state index in [1.807, 2.05) is 12.1 Å². The van der Waals surface area contributed by atoms with Crippen LogP contribution in [0.5, 0.6) is 0 Å². The first-order valence-electron chi connectivity index (χ1n) is 7.30. The standard InChI is InChI=1S/C15H24ClN3/c1-3-17-15-10-9-13(16)14(18-15)11-19(2)12-7-5-4-6-8-12/h9-10,12H,3-8,11H2,1-2H3,(H,17,18). The van der Waals surface area contributed by atoms with Crippen LogP contribution in [0.1, 0.15) is 44.7 Å². The molecule has 2 rings (SSSR count). The molecule has 0 saturated heterocycles. The molecule has 0 spiro atoms. The van der Waals surface area contributed by atoms with E-state index in [4.69, 9.17) is 11.6 Å². The Balaban J connectivity index is 2.02. The van der Waals surface area contributed by atoms with Crippen LogP contribution in [0.4, 0.5) is 5.82 Å². The molecule has 4 heteroatoms. The van der Waals surface area contributed by atoms with E-state index in [0.29, 0.717) is 6.04 Å². The molecule has 0 aromatic carbocycles. The van der Waals surface area contributed by atoms with Crippen molar-refractivity contribution in [3.63, 3.8) is 0 Å². The fourth-order valence-electron chi connectivity index (χ4n) is 2.76. The maximum Gasteiger partial charge on any atom is 0.126 e. The van der Waals surface area contributed by atoms with Crippen molar-refractivity contribution in [2.24, 2.45) is 0 Å². The molecule has 106 valence electrons. The van der Waals surface area contributed by atoms with Gasteiger partial charge in [0.1, 0.15) is 5.82 Å². The van der Waals surface area contributed by atoms with E-state index in [0.717, 1.165) is 29.6 Å². The van der Waals surface area contributed by atoms with E-state index < -0.39 is 0 Å². The van der Waals surface area contributed by atoms with Crippen LogP contribution < -0.4 is 5.32 Å². The van der Waals surface area contributed by atoms with E-state index in [1.165, 1.54) is 32.1 Å². The number of rotatable bonds is 5. The lowest BCUT2D eigenvalue weighted by atomic mass is 9.94. The first kappa shape index (κ1) is 14.6. The second kappa shape index (κ2) is 7.11. The first-order chi connectivity index (χ1) is 9.20. The van der Waals surface area contributed by atoms with Gasteiger partial charge in [0.2, 0.25) is 0 Å². The topological polar surface area (TPSA) is 28.2 Å². The highest BCUT2D eigenvalue weighted by Gasteiger charge is 2.19. The molecular weight excluding hydrogens is 258 g/mol. The summed E-state index contributed by atoms with van der Waals surface area (Å²) in [6.07, 6.45) is 6.71. The second-order valence-corrected chi connectivity index (χ2v) is 5.77. The third-order valence-corrected chi connectivity index (χ3v) is 4.22. The molecule has 0 atom stereocenters. The summed E-state index contributed by atoms with van der Waals surface area (Å²) < 4.78 is 0. The molecule has 1 heterocycles. The molecule has 0 aliphatic heterocycles. The lowest BCUT2D eigenvalue weighted by Gasteiger charge is -2.31. The van der Waals surface area contributed by atoms with E-state index in [2.05, 4.69) is 29.2 Å². The molecule has 1 fully saturated rings. The van der Waals surface area contributed by atoms with Crippen LogP contribution in [0.2, 0.25) is 5.02 Å². The van der Waals surface area contributed by atoms with Gasteiger partial charge < -0.3 is 5.32 Å². The average molecular weight is 282 g/mol. The quantitative estimate of drug-likeness (QED) is 0.886. The van der Waals surface area contributed by atoms with Crippen LogP contribution in [0, 0.1) is 0 Å². The summed E-state index contributed by atoms with van der Waals surface area (Å²) in [5.41, 5.74) is 0.980. The maximum absolute atomic E-state index is 6.26. The highest BCUT2D eigenvalue weighted by Crippen LogP contribution is 2.24. The molecule has 0 unspecified atom stereocenters. The zero-order valence-electron chi connectivity index (χ0n) is 12.0. The van der Waals surface area contributed by atoms with Gasteiger partial charge in [0.05, 0.1) is 10.7 Å². The Hall–Kier alpha value is -0.800. The highest BCUT2D eigenvalue weighted by molar-refractivity contribution is 6.31. The van der Waals surface area contributed by atoms with Gasteiger partial charge in [-0.25, -0.2) is 4.98 Å². The summed E-state index contributed by atoms with van der Waals surface area (Å²) in [6, 6.07) is 4.57. The van der Waals surface area contributed by atoms with E-state index >= 15 is 0 Å². The van der Waals surface area contributed by atoms with Crippen molar-refractivity contribution in [3.8, 4) is 0 Å². The fourth-order valence-corrected chi connectivity index (χ4v) is 2.93. The number of nitrogens with one attached hydrogen (secondary N) is 1. The Labute approximate surface area is 121 Å². The van der Waals surface area contributed by atoms with Crippen molar-refractivity contribution in [1.29, 1.82) is 0 Å². The van der Waals surface area contributed by atoms with E-state index in [9.17, 15) is 0 Å². The SMILES string of the molecule is CCNc1ccc(Cl)c(CN(C)C2CCCCC2)n1. The molecule has 1 aromatic rings. The third kappa shape index (κ3) is 4.08. The summed E-state index contributed by atoms with van der Waals surface area (Å²) in [5, 5.41) is 4.01. The summed E-state index contributed by atoms with van der Waals surface area (Å²) in [4.78, 5) is 7.02. The average Bonchev–Trinajstić information content (AvgIpc) is 2.44. The summed E-state index contributed by atoms with van der Waals surface area (Å²) in [7, 11) is 2.19. The van der Waals surface area contributed by atoms with Crippen molar-refractivity contribution in [2.45, 2.75) is 51.6 Å². The van der Waals surface area contributed by atoms with Gasteiger partial charge >= 0.3 is 0 Å². The lowest BCUT2D eigenvalue weighted by Crippen LogP contribution is -2.33. The van der Waals surface area contributed by atoms with Crippen LogP contribution in [-0.2, 0) is 6.54 Å². The van der Waals surface area contributed by atoms with Crippen molar-refractivity contribution in [1.82, 2.24) is 9.88 Å². The minimum atomic E-state index is 0.689. The number of pyridine rings is 1. The van der Waals surface area contributed by atoms with Crippen LogP contribution in [0.25, 0.3) is 0 Å². The van der Waals surface area contributed by atoms with Gasteiger partial charge in [-0.05, 0) is 38.9 Å². The first-order valence-corrected chi connectivity index (χ1v) is 7.68. The lowest BCUT2D eigenvalue weighted by molar-refractivity contribution is 0.183. The third-order valence-electron chi connectivity index (χ3n) is 3.87. The number of anilines is 1. The Kier molecular flexibility index (Phi) is 5.46. The normalized spacial score (nSPS) is 16.8. The molecule has 1 aliphatic carbocycles. The second-order valence-electron chi connectivity index (χ2n) is 5.36. The Morgan fingerprint density at radius 2 is 2.05 bits per heavy atom. The number of halogens is 1. The van der Waals surface area contributed by atoms with Gasteiger partial charge in [-0.3, -0.25) is 4.90 Å². The molecule has 0 bridgehead atoms. The Morgan fingerprint density at radius 3 is 2.74 bits per heavy atom. The number of aromatic nitrogens is 1. The van der Waals surface area contributed by atoms with Crippen LogP contribution in [0.3, 0.4) is 0 Å². The van der Waals surface area contributed by atoms with Crippen LogP contribution in [-0.4, -0.2) is 29.5 Å². The van der Waals surface area contributed by atoms with Crippen molar-refractivity contribution in [2.75, 3.05) is 18.9 Å². The molecule has 1 aromatic heterocycles. The van der Waals surface area contributed by atoms with Crippen molar-refractivity contribution in [3.05, 3.63) is 22.8 Å². The van der Waals surface area contributed by atoms with Gasteiger partial charge in [-0.15, -0.1) is 0 Å². The predicted molar refractivity (Wildman–Crippen MR) is 81.8 cm³/mol. The maximum atomic E-state index is 6.26. The summed E-state index contributed by atoms with van der Waals surface area (Å²) in [6.45, 7) is 3.79. The Bertz CT molecular complexity index is 402. The van der Waals surface area contributed by atoms with Gasteiger partial charge in [0.15, 0.2) is 0 Å². The molecule has 0 amide bonds. The minimum absolute atomic E-state index is 0.689. The number of hydrogen-bond donors (Lipinski definition) is 1. The predicted octanol–water partition coefficient (Wildman–Crippen LogP) is 3.93. The van der Waals surface area contributed by atoms with Crippen molar-refractivity contribution < 1.29 is 0 Å². The molecule has 1 N–H and O–H groups in total. The molecule has 3 nitrogen and oxygen atoms in total. The highest BCUT2D eigenvalue weighted by atomic mass is 35.5. The molecule has 0 radical (unpaired) electrons. The summed E-state index contributed by atoms with van der Waals surface area (Å²) in [5.74, 6) is 0.916. The zero-order chi connectivity index (χ0) is 13.7. The summed E-state index contributed by atoms with van der Waals surface area (Å²) >= 11 is 6.26. The van der Waals surface area contributed by atoms with E-state index in [1.54, 1.807) is 0 Å². The smallest absolute Gasteiger partial charge is 0.126 e. The van der Waals surface area contributed by atoms with Gasteiger partial charge in [-0.1, -0.05) is 30.9 Å². The fraction of sp³-hybridized carbons (Fsp3) is 0.667. The van der Waals surface area contributed by atoms with E-state index in [-0.39, 0.29) is 0 Å². The largest absolute Gasteiger partial charge is 0.370 e.